The van der Waals surface area contributed by atoms with Gasteiger partial charge in [0.1, 0.15) is 17.7 Å². The Morgan fingerprint density at radius 3 is 1.25 bits per heavy atom. The van der Waals surface area contributed by atoms with E-state index in [4.69, 9.17) is 25.3 Å². The van der Waals surface area contributed by atoms with E-state index in [1.54, 1.807) is 12.4 Å². The number of aryl methyl sites for hydroxylation is 7. The van der Waals surface area contributed by atoms with Gasteiger partial charge in [-0.15, -0.1) is 0 Å². The van der Waals surface area contributed by atoms with Crippen LogP contribution in [0.1, 0.15) is 142 Å². The summed E-state index contributed by atoms with van der Waals surface area (Å²) in [5.74, 6) is 0. The van der Waals surface area contributed by atoms with E-state index in [2.05, 4.69) is 143 Å². The van der Waals surface area contributed by atoms with Crippen LogP contribution in [0.4, 0.5) is 9.59 Å². The molecule has 0 aliphatic carbocycles. The first kappa shape index (κ1) is 85.6. The Morgan fingerprint density at radius 1 is 0.427 bits per heavy atom. The minimum absolute atomic E-state index is 0. The van der Waals surface area contributed by atoms with Crippen LogP contribution >= 0.6 is 0 Å². The van der Waals surface area contributed by atoms with Crippen molar-refractivity contribution < 1.29 is 47.5 Å². The highest BCUT2D eigenvalue weighted by atomic mass is 127. The highest BCUT2D eigenvalue weighted by molar-refractivity contribution is 5.92. The van der Waals surface area contributed by atoms with Gasteiger partial charge in [-0.25, -0.2) is 9.59 Å². The Labute approximate surface area is 660 Å². The number of nitrogens with one attached hydrogen (secondary N) is 5. The third-order valence-electron chi connectivity index (χ3n) is 16.8. The fourth-order valence-electron chi connectivity index (χ4n) is 11.6. The number of aromatic nitrogens is 14. The minimum atomic E-state index is -0.744. The number of hydrogen-bond acceptors (Lipinski definition) is 16. The molecule has 14 heterocycles. The molecule has 0 aromatic carbocycles. The van der Waals surface area contributed by atoms with Crippen LogP contribution < -0.4 is 24.0 Å². The maximum atomic E-state index is 12.4. The standard InChI is InChI=1S/C17H21N3O2.C15H17N3O2.C12H18N3.C12H13N3.C11H15N3.C10H9N3.C8H8N2.HI/c1-11-7-8-13-14(19-11)12(17(5,6)10-18)9-20(13)15(21)22-16(2,3)4;1-10-5-6-12-13(17-10)11(7-8-16)9-18(12)14(19)20-15(2,3)4;1-9-5-6-11-12(14-9)10(7-13-11)8-15(2,3)4;1-8-4-5-10-11(15-8)9(6-14-10)12(2,3)7-13;1-8-4-5-10-11(13-8)9(6-12-10)7-14(2)3;1-7-2-3-9-10(13-7)8(4-5-11)6-12-9;1-6-2-3-7-8(10-6)4-5-9-7;/h7-9H,1-6H3;5-6,9H,7H2,1-4H3;5-7,13H,8H2,1-4H3;4-6,14H,1-3H3;4-6,12H,7H2,1-3H3;2-3,6,12H,4H2,1H3;2-5,9H,1H3;1H/q;;+1;;;;;/p-1. The zero-order valence-corrected chi connectivity index (χ0v) is 69.4. The van der Waals surface area contributed by atoms with E-state index in [1.165, 1.54) is 20.3 Å². The molecule has 0 saturated carbocycles. The van der Waals surface area contributed by atoms with Crippen molar-refractivity contribution in [3.63, 3.8) is 0 Å². The molecule has 14 rings (SSSR count). The molecular formula is C85H101IN20O4. The molecule has 0 aliphatic rings. The van der Waals surface area contributed by atoms with Gasteiger partial charge in [-0.1, -0.05) is 0 Å². The molecule has 25 heteroatoms. The molecule has 0 unspecified atom stereocenters. The number of aromatic amines is 5. The lowest BCUT2D eigenvalue weighted by Gasteiger charge is -2.23. The summed E-state index contributed by atoms with van der Waals surface area (Å²) in [5.41, 5.74) is 23.4. The van der Waals surface area contributed by atoms with Gasteiger partial charge in [0.15, 0.2) is 0 Å². The van der Waals surface area contributed by atoms with Gasteiger partial charge in [0, 0.05) is 118 Å². The molecule has 0 amide bonds. The van der Waals surface area contributed by atoms with Crippen molar-refractivity contribution in [3.8, 4) is 24.3 Å². The van der Waals surface area contributed by atoms with Gasteiger partial charge >= 0.3 is 12.2 Å². The zero-order valence-electron chi connectivity index (χ0n) is 67.2. The van der Waals surface area contributed by atoms with Crippen LogP contribution in [-0.4, -0.2) is 137 Å². The molecule has 110 heavy (non-hydrogen) atoms. The van der Waals surface area contributed by atoms with Crippen LogP contribution in [0.3, 0.4) is 0 Å². The Kier molecular flexibility index (Phi) is 28.1. The quantitative estimate of drug-likeness (QED) is 0.0697. The first-order valence-electron chi connectivity index (χ1n) is 35.8. The van der Waals surface area contributed by atoms with Crippen molar-refractivity contribution in [1.29, 1.82) is 21.0 Å². The molecule has 14 aromatic rings. The average molecular weight is 1590 g/mol. The zero-order chi connectivity index (χ0) is 80.1. The molecule has 5 N–H and O–H groups in total. The second kappa shape index (κ2) is 36.1. The molecule has 0 atom stereocenters. The van der Waals surface area contributed by atoms with Crippen LogP contribution in [-0.2, 0) is 46.2 Å². The highest BCUT2D eigenvalue weighted by Gasteiger charge is 2.30. The van der Waals surface area contributed by atoms with Gasteiger partial charge in [-0.2, -0.15) is 21.0 Å². The summed E-state index contributed by atoms with van der Waals surface area (Å²) in [7, 11) is 10.7. The van der Waals surface area contributed by atoms with E-state index in [9.17, 15) is 14.9 Å². The van der Waals surface area contributed by atoms with Crippen molar-refractivity contribution in [2.24, 2.45) is 0 Å². The number of hydrogen-bond donors (Lipinski definition) is 5. The van der Waals surface area contributed by atoms with Crippen LogP contribution in [0.5, 0.6) is 0 Å². The first-order valence-corrected chi connectivity index (χ1v) is 35.8. The van der Waals surface area contributed by atoms with E-state index in [-0.39, 0.29) is 30.4 Å². The number of halogens is 1. The number of pyridine rings is 7. The van der Waals surface area contributed by atoms with Gasteiger partial charge in [0.2, 0.25) is 0 Å². The van der Waals surface area contributed by atoms with Crippen molar-refractivity contribution in [3.05, 3.63) is 208 Å². The third-order valence-corrected chi connectivity index (χ3v) is 16.8. The third kappa shape index (κ3) is 22.7. The van der Waals surface area contributed by atoms with Crippen molar-refractivity contribution in [2.75, 3.05) is 35.2 Å². The van der Waals surface area contributed by atoms with E-state index < -0.39 is 34.2 Å². The van der Waals surface area contributed by atoms with Crippen LogP contribution in [0.2, 0.25) is 0 Å². The topological polar surface area (TPSA) is 330 Å². The number of fused-ring (bicyclic) bond motifs is 7. The van der Waals surface area contributed by atoms with Crippen molar-refractivity contribution in [2.45, 2.75) is 166 Å². The summed E-state index contributed by atoms with van der Waals surface area (Å²) in [6.07, 6.45) is 12.7. The Balaban J connectivity index is 0.000000180. The van der Waals surface area contributed by atoms with Gasteiger partial charge in [0.25, 0.3) is 0 Å². The normalized spacial score (nSPS) is 11.4. The van der Waals surface area contributed by atoms with Gasteiger partial charge in [-0.05, 0) is 223 Å². The Hall–Kier alpha value is -11.6. The monoisotopic (exact) mass is 1590 g/mol. The van der Waals surface area contributed by atoms with E-state index in [0.717, 1.165) is 135 Å². The van der Waals surface area contributed by atoms with Crippen LogP contribution in [0.25, 0.3) is 77.2 Å². The van der Waals surface area contributed by atoms with Crippen molar-refractivity contribution in [1.82, 2.24) is 73.8 Å². The number of nitrogens with zero attached hydrogens (tertiary/aromatic N) is 15. The lowest BCUT2D eigenvalue weighted by Crippen LogP contribution is -3.00. The number of carbonyl (C=O) groups excluding carboxylic acids is 2. The number of quaternary nitrogens is 1. The number of nitriles is 4. The number of ether oxygens (including phenoxy) is 2. The fourth-order valence-corrected chi connectivity index (χ4v) is 11.6. The van der Waals surface area contributed by atoms with E-state index in [1.807, 2.05) is 221 Å². The molecule has 0 aliphatic heterocycles. The van der Waals surface area contributed by atoms with Gasteiger partial charge in [-0.3, -0.25) is 44.0 Å². The molecule has 24 nitrogen and oxygen atoms in total. The number of carbonyl (C=O) groups is 2. The number of rotatable bonds is 8. The maximum Gasteiger partial charge on any atom is 0.419 e. The molecule has 0 radical (unpaired) electrons. The van der Waals surface area contributed by atoms with Gasteiger partial charge < -0.3 is 67.8 Å². The second-order valence-corrected chi connectivity index (χ2v) is 31.3. The van der Waals surface area contributed by atoms with Crippen molar-refractivity contribution >= 4 is 89.4 Å². The largest absolute Gasteiger partial charge is 1.00 e. The summed E-state index contributed by atoms with van der Waals surface area (Å²) >= 11 is 0. The lowest BCUT2D eigenvalue weighted by atomic mass is 9.87. The predicted octanol–water partition coefficient (Wildman–Crippen LogP) is 14.6. The minimum Gasteiger partial charge on any atom is -1.00 e. The lowest BCUT2D eigenvalue weighted by molar-refractivity contribution is -0.883. The van der Waals surface area contributed by atoms with Crippen LogP contribution in [0, 0.1) is 93.8 Å². The van der Waals surface area contributed by atoms with Crippen LogP contribution in [0.15, 0.2) is 134 Å². The Bertz CT molecular complexity index is 5730. The highest BCUT2D eigenvalue weighted by Crippen LogP contribution is 2.33. The average Bonchev–Trinajstić information content (AvgIpc) is 1.59. The Morgan fingerprint density at radius 2 is 0.791 bits per heavy atom. The molecular weight excluding hydrogens is 1490 g/mol. The van der Waals surface area contributed by atoms with E-state index >= 15 is 0 Å². The maximum absolute atomic E-state index is 12.4. The summed E-state index contributed by atoms with van der Waals surface area (Å²) in [5, 5.41) is 36.0. The second-order valence-electron chi connectivity index (χ2n) is 31.3. The first-order chi connectivity index (χ1) is 51.2. The molecule has 0 spiro atoms. The SMILES string of the molecule is Cc1ccc2[nH]cc(C(C)(C)C#N)c2n1.Cc1ccc2[nH]cc(CC#N)c2n1.Cc1ccc2[nH]cc(CN(C)C)c2n1.Cc1ccc2[nH]cc(C[N+](C)(C)C)c2n1.Cc1ccc2[nH]ccc2n1.Cc1ccc2c(n1)c(C(C)(C)C#N)cn2C(=O)OC(C)(C)C.Cc1ccc2c(n1)c(CC#N)cn2C(=O)OC(C)(C)C.[I-]. The molecule has 0 bridgehead atoms. The molecule has 14 aromatic heterocycles. The number of H-pyrrole nitrogens is 5. The summed E-state index contributed by atoms with van der Waals surface area (Å²) in [6.45, 7) is 34.0. The van der Waals surface area contributed by atoms with E-state index in [0.29, 0.717) is 28.5 Å². The summed E-state index contributed by atoms with van der Waals surface area (Å²) < 4.78 is 14.6. The summed E-state index contributed by atoms with van der Waals surface area (Å²) in [6, 6.07) is 38.2. The fraction of sp³-hybridized carbons (Fsp3) is 0.353. The molecule has 0 saturated heterocycles. The smallest absolute Gasteiger partial charge is 0.419 e. The molecule has 572 valence electrons. The molecule has 0 fully saturated rings. The predicted molar refractivity (Wildman–Crippen MR) is 431 cm³/mol. The summed E-state index contributed by atoms with van der Waals surface area (Å²) in [4.78, 5) is 73.8. The van der Waals surface area contributed by atoms with Gasteiger partial charge in [0.05, 0.1) is 152 Å².